The van der Waals surface area contributed by atoms with Gasteiger partial charge in [0.15, 0.2) is 6.61 Å². The van der Waals surface area contributed by atoms with E-state index in [2.05, 4.69) is 42.0 Å². The van der Waals surface area contributed by atoms with Gasteiger partial charge in [-0.25, -0.2) is 0 Å². The quantitative estimate of drug-likeness (QED) is 0.420. The first kappa shape index (κ1) is 27.2. The fourth-order valence-electron chi connectivity index (χ4n) is 3.17. The molecule has 0 fully saturated rings. The maximum absolute atomic E-state index is 13.2. The lowest BCUT2D eigenvalue weighted by Crippen LogP contribution is -2.50. The fourth-order valence-corrected chi connectivity index (χ4v) is 3.85. The van der Waals surface area contributed by atoms with Crippen molar-refractivity contribution >= 4 is 39.3 Å². The van der Waals surface area contributed by atoms with Gasteiger partial charge in [0.1, 0.15) is 11.8 Å². The van der Waals surface area contributed by atoms with Crippen LogP contribution in [0.5, 0.6) is 5.75 Å². The topological polar surface area (TPSA) is 58.6 Å². The van der Waals surface area contributed by atoms with Gasteiger partial charge >= 0.3 is 0 Å². The molecule has 0 bridgehead atoms. The molecule has 0 aromatic heterocycles. The molecule has 1 N–H and O–H groups in total. The Hall–Kier alpha value is -2.05. The number of benzene rings is 2. The largest absolute Gasteiger partial charge is 0.483 e. The fraction of sp³-hybridized carbons (Fsp3) is 0.462. The second-order valence-electron chi connectivity index (χ2n) is 9.29. The molecule has 33 heavy (non-hydrogen) atoms. The summed E-state index contributed by atoms with van der Waals surface area (Å²) in [6.07, 6.45) is 0.804. The zero-order valence-corrected chi connectivity index (χ0v) is 22.6. The number of ether oxygens (including phenoxy) is 1. The molecule has 0 aliphatic rings. The molecule has 0 radical (unpaired) electrons. The summed E-state index contributed by atoms with van der Waals surface area (Å²) >= 11 is 9.88. The number of nitrogens with zero attached hydrogens (tertiary/aromatic N) is 1. The van der Waals surface area contributed by atoms with E-state index in [0.717, 1.165) is 22.0 Å². The van der Waals surface area contributed by atoms with Crippen LogP contribution < -0.4 is 10.1 Å². The van der Waals surface area contributed by atoms with Crippen LogP contribution in [0.25, 0.3) is 0 Å². The van der Waals surface area contributed by atoms with E-state index in [-0.39, 0.29) is 36.4 Å². The van der Waals surface area contributed by atoms with Gasteiger partial charge in [0.05, 0.1) is 4.47 Å². The van der Waals surface area contributed by atoms with E-state index < -0.39 is 6.04 Å². The molecule has 2 aromatic carbocycles. The molecule has 2 unspecified atom stereocenters. The van der Waals surface area contributed by atoms with Crippen LogP contribution >= 0.6 is 27.5 Å². The lowest BCUT2D eigenvalue weighted by molar-refractivity contribution is -0.142. The van der Waals surface area contributed by atoms with Gasteiger partial charge in [0, 0.05) is 17.6 Å². The first-order valence-electron chi connectivity index (χ1n) is 11.2. The van der Waals surface area contributed by atoms with Gasteiger partial charge in [-0.3, -0.25) is 9.59 Å². The van der Waals surface area contributed by atoms with Crippen LogP contribution in [0.3, 0.4) is 0 Å². The van der Waals surface area contributed by atoms with Crippen molar-refractivity contribution in [2.45, 2.75) is 72.0 Å². The first-order valence-corrected chi connectivity index (χ1v) is 12.4. The Morgan fingerprint density at radius 3 is 2.39 bits per heavy atom. The summed E-state index contributed by atoms with van der Waals surface area (Å²) in [5.41, 5.74) is 1.93. The van der Waals surface area contributed by atoms with Crippen LogP contribution in [-0.2, 0) is 21.5 Å². The molecule has 0 aliphatic carbocycles. The zero-order valence-electron chi connectivity index (χ0n) is 20.2. The van der Waals surface area contributed by atoms with Gasteiger partial charge in [0.25, 0.3) is 5.91 Å². The monoisotopic (exact) mass is 536 g/mol. The number of halogens is 2. The van der Waals surface area contributed by atoms with E-state index >= 15 is 0 Å². The molecule has 2 rings (SSSR count). The molecular formula is C26H34BrClN2O3. The average Bonchev–Trinajstić information content (AvgIpc) is 2.76. The highest BCUT2D eigenvalue weighted by atomic mass is 79.9. The Balaban J connectivity index is 2.20. The van der Waals surface area contributed by atoms with Crippen molar-refractivity contribution in [1.82, 2.24) is 10.2 Å². The third-order valence-electron chi connectivity index (χ3n) is 5.62. The Morgan fingerprint density at radius 2 is 1.82 bits per heavy atom. The Morgan fingerprint density at radius 1 is 1.15 bits per heavy atom. The van der Waals surface area contributed by atoms with Crippen LogP contribution in [0, 0.1) is 0 Å². The molecule has 0 saturated heterocycles. The maximum atomic E-state index is 13.2. The summed E-state index contributed by atoms with van der Waals surface area (Å²) in [5.74, 6) is 0.0692. The molecule has 180 valence electrons. The van der Waals surface area contributed by atoms with E-state index in [1.165, 1.54) is 4.90 Å². The molecule has 2 aromatic rings. The number of nitrogens with one attached hydrogen (secondary N) is 1. The second-order valence-corrected chi connectivity index (χ2v) is 10.6. The van der Waals surface area contributed by atoms with Gasteiger partial charge in [-0.15, -0.1) is 0 Å². The van der Waals surface area contributed by atoms with E-state index in [0.29, 0.717) is 10.8 Å². The highest BCUT2D eigenvalue weighted by Gasteiger charge is 2.28. The van der Waals surface area contributed by atoms with E-state index in [4.69, 9.17) is 16.3 Å². The first-order chi connectivity index (χ1) is 15.4. The summed E-state index contributed by atoms with van der Waals surface area (Å²) in [4.78, 5) is 27.6. The zero-order chi connectivity index (χ0) is 24.8. The summed E-state index contributed by atoms with van der Waals surface area (Å²) < 4.78 is 6.63. The smallest absolute Gasteiger partial charge is 0.261 e. The lowest BCUT2D eigenvalue weighted by Gasteiger charge is -2.30. The number of hydrogen-bond donors (Lipinski definition) is 1. The lowest BCUT2D eigenvalue weighted by atomic mass is 9.87. The predicted molar refractivity (Wildman–Crippen MR) is 138 cm³/mol. The molecule has 0 heterocycles. The van der Waals surface area contributed by atoms with Crippen LogP contribution in [0.4, 0.5) is 0 Å². The van der Waals surface area contributed by atoms with Gasteiger partial charge in [0.2, 0.25) is 5.91 Å². The standard InChI is InChI=1S/C26H34BrClN2O3/c1-7-17(2)29-25(32)18(3)30(15-19-10-8-9-11-22(19)28)24(31)16-33-23-13-12-20(14-21(23)27)26(4,5)6/h8-14,17-18H,7,15-16H2,1-6H3,(H,29,32). The van der Waals surface area contributed by atoms with Crippen molar-refractivity contribution in [2.75, 3.05) is 6.61 Å². The molecule has 0 aliphatic heterocycles. The van der Waals surface area contributed by atoms with E-state index in [1.807, 2.05) is 50.2 Å². The third-order valence-corrected chi connectivity index (χ3v) is 6.60. The Labute approximate surface area is 211 Å². The number of carbonyl (C=O) groups is 2. The van der Waals surface area contributed by atoms with Gasteiger partial charge in [-0.2, -0.15) is 0 Å². The third kappa shape index (κ3) is 7.75. The summed E-state index contributed by atoms with van der Waals surface area (Å²) in [7, 11) is 0. The van der Waals surface area contributed by atoms with Crippen LogP contribution in [0.1, 0.15) is 59.1 Å². The van der Waals surface area contributed by atoms with Gasteiger partial charge in [-0.05, 0) is 70.9 Å². The van der Waals surface area contributed by atoms with Crippen LogP contribution in [-0.4, -0.2) is 35.4 Å². The van der Waals surface area contributed by atoms with Crippen molar-refractivity contribution in [3.8, 4) is 5.75 Å². The number of amides is 2. The minimum atomic E-state index is -0.682. The number of rotatable bonds is 9. The van der Waals surface area contributed by atoms with Crippen molar-refractivity contribution in [3.05, 3.63) is 63.1 Å². The van der Waals surface area contributed by atoms with Crippen LogP contribution in [0.15, 0.2) is 46.9 Å². The normalized spacial score (nSPS) is 13.2. The average molecular weight is 538 g/mol. The summed E-state index contributed by atoms with van der Waals surface area (Å²) in [6, 6.07) is 12.5. The van der Waals surface area contributed by atoms with Crippen molar-refractivity contribution in [3.63, 3.8) is 0 Å². The molecule has 7 heteroatoms. The predicted octanol–water partition coefficient (Wildman–Crippen LogP) is 6.11. The number of hydrogen-bond acceptors (Lipinski definition) is 3. The van der Waals surface area contributed by atoms with Gasteiger partial charge < -0.3 is 15.0 Å². The van der Waals surface area contributed by atoms with Crippen molar-refractivity contribution in [1.29, 1.82) is 0 Å². The summed E-state index contributed by atoms with van der Waals surface area (Å²) in [5, 5.41) is 3.50. The highest BCUT2D eigenvalue weighted by Crippen LogP contribution is 2.31. The van der Waals surface area contributed by atoms with Crippen molar-refractivity contribution in [2.24, 2.45) is 0 Å². The second kappa shape index (κ2) is 11.9. The molecule has 0 spiro atoms. The molecular weight excluding hydrogens is 504 g/mol. The minimum absolute atomic E-state index is 0.00103. The van der Waals surface area contributed by atoms with Gasteiger partial charge in [-0.1, -0.05) is 63.6 Å². The summed E-state index contributed by atoms with van der Waals surface area (Å²) in [6.45, 7) is 12.1. The van der Waals surface area contributed by atoms with E-state index in [9.17, 15) is 9.59 Å². The molecule has 2 atom stereocenters. The minimum Gasteiger partial charge on any atom is -0.483 e. The van der Waals surface area contributed by atoms with Crippen LogP contribution in [0.2, 0.25) is 5.02 Å². The SMILES string of the molecule is CCC(C)NC(=O)C(C)N(Cc1ccccc1Cl)C(=O)COc1ccc(C(C)(C)C)cc1Br. The highest BCUT2D eigenvalue weighted by molar-refractivity contribution is 9.10. The molecule has 2 amide bonds. The van der Waals surface area contributed by atoms with E-state index in [1.54, 1.807) is 13.0 Å². The number of carbonyl (C=O) groups excluding carboxylic acids is 2. The maximum Gasteiger partial charge on any atom is 0.261 e. The Bertz CT molecular complexity index is 974. The molecule has 0 saturated carbocycles. The Kier molecular flexibility index (Phi) is 9.80. The molecule has 5 nitrogen and oxygen atoms in total. The van der Waals surface area contributed by atoms with Crippen molar-refractivity contribution < 1.29 is 14.3 Å².